The summed E-state index contributed by atoms with van der Waals surface area (Å²) < 4.78 is 0. The second-order valence-electron chi connectivity index (χ2n) is 5.64. The second-order valence-corrected chi connectivity index (χ2v) is 5.64. The van der Waals surface area contributed by atoms with E-state index >= 15 is 0 Å². The van der Waals surface area contributed by atoms with Crippen LogP contribution in [0, 0.1) is 0 Å². The average Bonchev–Trinajstić information content (AvgIpc) is 2.51. The summed E-state index contributed by atoms with van der Waals surface area (Å²) in [4.78, 5) is 2.40. The SMILES string of the molecule is CN1C(c2ccccc2)CC(O)CC1c1ccccc1. The van der Waals surface area contributed by atoms with Gasteiger partial charge in [0.2, 0.25) is 0 Å². The van der Waals surface area contributed by atoms with Crippen molar-refractivity contribution in [2.24, 2.45) is 0 Å². The van der Waals surface area contributed by atoms with Crippen molar-refractivity contribution < 1.29 is 5.11 Å². The van der Waals surface area contributed by atoms with Gasteiger partial charge >= 0.3 is 0 Å². The molecule has 2 aromatic carbocycles. The molecule has 0 spiro atoms. The highest BCUT2D eigenvalue weighted by Crippen LogP contribution is 2.40. The molecule has 1 aliphatic rings. The zero-order valence-electron chi connectivity index (χ0n) is 11.8. The summed E-state index contributed by atoms with van der Waals surface area (Å²) in [6.07, 6.45) is 1.38. The van der Waals surface area contributed by atoms with Crippen LogP contribution in [0.15, 0.2) is 60.7 Å². The van der Waals surface area contributed by atoms with E-state index in [0.717, 1.165) is 12.8 Å². The van der Waals surface area contributed by atoms with E-state index in [1.54, 1.807) is 0 Å². The third-order valence-electron chi connectivity index (χ3n) is 4.34. The van der Waals surface area contributed by atoms with Crippen molar-refractivity contribution in [3.05, 3.63) is 71.8 Å². The third-order valence-corrected chi connectivity index (χ3v) is 4.34. The van der Waals surface area contributed by atoms with Crippen molar-refractivity contribution in [2.75, 3.05) is 7.05 Å². The number of rotatable bonds is 2. The van der Waals surface area contributed by atoms with Crippen LogP contribution in [0.1, 0.15) is 36.1 Å². The summed E-state index contributed by atoms with van der Waals surface area (Å²) in [6.45, 7) is 0. The molecule has 2 aromatic rings. The Hall–Kier alpha value is -1.64. The fourth-order valence-corrected chi connectivity index (χ4v) is 3.25. The first-order valence-corrected chi connectivity index (χ1v) is 7.25. The van der Waals surface area contributed by atoms with E-state index in [1.165, 1.54) is 11.1 Å². The van der Waals surface area contributed by atoms with Crippen molar-refractivity contribution in [1.82, 2.24) is 4.90 Å². The van der Waals surface area contributed by atoms with Crippen molar-refractivity contribution in [2.45, 2.75) is 31.0 Å². The number of hydrogen-bond donors (Lipinski definition) is 1. The van der Waals surface area contributed by atoms with Crippen LogP contribution in [0.2, 0.25) is 0 Å². The van der Waals surface area contributed by atoms with Crippen LogP contribution in [0.3, 0.4) is 0 Å². The van der Waals surface area contributed by atoms with Gasteiger partial charge in [-0.05, 0) is 31.0 Å². The van der Waals surface area contributed by atoms with E-state index in [2.05, 4.69) is 60.5 Å². The standard InChI is InChI=1S/C18H21NO/c1-19-17(14-8-4-2-5-9-14)12-16(20)13-18(19)15-10-6-3-7-11-15/h2-11,16-18,20H,12-13H2,1H3. The van der Waals surface area contributed by atoms with Crippen molar-refractivity contribution >= 4 is 0 Å². The highest BCUT2D eigenvalue weighted by atomic mass is 16.3. The van der Waals surface area contributed by atoms with Gasteiger partial charge in [0, 0.05) is 12.1 Å². The number of aliphatic hydroxyl groups is 1. The lowest BCUT2D eigenvalue weighted by atomic mass is 9.86. The summed E-state index contributed by atoms with van der Waals surface area (Å²) in [7, 11) is 2.17. The van der Waals surface area contributed by atoms with Crippen LogP contribution in [-0.2, 0) is 0 Å². The van der Waals surface area contributed by atoms with Crippen LogP contribution in [-0.4, -0.2) is 23.2 Å². The molecule has 1 N–H and O–H groups in total. The van der Waals surface area contributed by atoms with Crippen molar-refractivity contribution in [1.29, 1.82) is 0 Å². The molecule has 0 bridgehead atoms. The lowest BCUT2D eigenvalue weighted by Gasteiger charge is -2.42. The van der Waals surface area contributed by atoms with Crippen LogP contribution < -0.4 is 0 Å². The van der Waals surface area contributed by atoms with Gasteiger partial charge in [-0.3, -0.25) is 4.90 Å². The lowest BCUT2D eigenvalue weighted by Crippen LogP contribution is -2.38. The predicted molar refractivity (Wildman–Crippen MR) is 81.4 cm³/mol. The maximum absolute atomic E-state index is 10.3. The number of aliphatic hydroxyl groups excluding tert-OH is 1. The van der Waals surface area contributed by atoms with E-state index in [0.29, 0.717) is 0 Å². The van der Waals surface area contributed by atoms with Crippen LogP contribution in [0.25, 0.3) is 0 Å². The molecule has 1 fully saturated rings. The largest absolute Gasteiger partial charge is 0.393 e. The Morgan fingerprint density at radius 1 is 0.800 bits per heavy atom. The smallest absolute Gasteiger partial charge is 0.0576 e. The zero-order chi connectivity index (χ0) is 13.9. The number of nitrogens with zero attached hydrogens (tertiary/aromatic N) is 1. The second kappa shape index (κ2) is 5.78. The summed E-state index contributed by atoms with van der Waals surface area (Å²) in [5, 5.41) is 10.3. The Balaban J connectivity index is 1.90. The summed E-state index contributed by atoms with van der Waals surface area (Å²) >= 11 is 0. The molecule has 2 unspecified atom stereocenters. The molecule has 2 atom stereocenters. The highest BCUT2D eigenvalue weighted by Gasteiger charge is 2.33. The van der Waals surface area contributed by atoms with E-state index < -0.39 is 0 Å². The molecule has 2 heteroatoms. The molecule has 2 nitrogen and oxygen atoms in total. The van der Waals surface area contributed by atoms with Gasteiger partial charge in [0.15, 0.2) is 0 Å². The molecular weight excluding hydrogens is 246 g/mol. The summed E-state index contributed by atoms with van der Waals surface area (Å²) in [6, 6.07) is 21.5. The van der Waals surface area contributed by atoms with E-state index in [1.807, 2.05) is 12.1 Å². The first-order valence-electron chi connectivity index (χ1n) is 7.25. The lowest BCUT2D eigenvalue weighted by molar-refractivity contribution is 0.0140. The molecular formula is C18H21NO. The number of hydrogen-bond acceptors (Lipinski definition) is 2. The van der Waals surface area contributed by atoms with Gasteiger partial charge in [0.05, 0.1) is 6.10 Å². The fourth-order valence-electron chi connectivity index (χ4n) is 3.25. The number of likely N-dealkylation sites (tertiary alicyclic amines) is 1. The molecule has 0 amide bonds. The first kappa shape index (κ1) is 13.3. The minimum Gasteiger partial charge on any atom is -0.393 e. The molecule has 0 aliphatic carbocycles. The highest BCUT2D eigenvalue weighted by molar-refractivity contribution is 5.24. The Morgan fingerprint density at radius 2 is 1.20 bits per heavy atom. The molecule has 104 valence electrons. The van der Waals surface area contributed by atoms with Crippen molar-refractivity contribution in [3.63, 3.8) is 0 Å². The van der Waals surface area contributed by atoms with Crippen LogP contribution in [0.4, 0.5) is 0 Å². The fraction of sp³-hybridized carbons (Fsp3) is 0.333. The molecule has 0 aromatic heterocycles. The molecule has 1 saturated heterocycles. The third kappa shape index (κ3) is 2.62. The van der Waals surface area contributed by atoms with Gasteiger partial charge < -0.3 is 5.11 Å². The zero-order valence-corrected chi connectivity index (χ0v) is 11.8. The summed E-state index contributed by atoms with van der Waals surface area (Å²) in [5.74, 6) is 0. The first-order chi connectivity index (χ1) is 9.75. The van der Waals surface area contributed by atoms with Gasteiger partial charge in [-0.1, -0.05) is 60.7 Å². The topological polar surface area (TPSA) is 23.5 Å². The van der Waals surface area contributed by atoms with Gasteiger partial charge in [-0.15, -0.1) is 0 Å². The van der Waals surface area contributed by atoms with Gasteiger partial charge in [-0.25, -0.2) is 0 Å². The van der Waals surface area contributed by atoms with Crippen LogP contribution in [0.5, 0.6) is 0 Å². The minimum atomic E-state index is -0.235. The monoisotopic (exact) mass is 267 g/mol. The molecule has 3 rings (SSSR count). The number of piperidine rings is 1. The molecule has 1 heterocycles. The summed E-state index contributed by atoms with van der Waals surface area (Å²) in [5.41, 5.74) is 2.57. The maximum Gasteiger partial charge on any atom is 0.0576 e. The number of benzene rings is 2. The normalized spacial score (nSPS) is 27.4. The molecule has 20 heavy (non-hydrogen) atoms. The van der Waals surface area contributed by atoms with Gasteiger partial charge in [-0.2, -0.15) is 0 Å². The predicted octanol–water partition coefficient (Wildman–Crippen LogP) is 3.56. The average molecular weight is 267 g/mol. The maximum atomic E-state index is 10.3. The Kier molecular flexibility index (Phi) is 3.86. The van der Waals surface area contributed by atoms with Gasteiger partial charge in [0.25, 0.3) is 0 Å². The Labute approximate surface area is 120 Å². The quantitative estimate of drug-likeness (QED) is 0.899. The minimum absolute atomic E-state index is 0.235. The molecule has 0 saturated carbocycles. The molecule has 0 radical (unpaired) electrons. The van der Waals surface area contributed by atoms with Crippen LogP contribution >= 0.6 is 0 Å². The van der Waals surface area contributed by atoms with E-state index in [9.17, 15) is 5.11 Å². The Morgan fingerprint density at radius 3 is 1.60 bits per heavy atom. The van der Waals surface area contributed by atoms with E-state index in [-0.39, 0.29) is 18.2 Å². The van der Waals surface area contributed by atoms with Crippen molar-refractivity contribution in [3.8, 4) is 0 Å². The molecule has 1 aliphatic heterocycles. The van der Waals surface area contributed by atoms with Gasteiger partial charge in [0.1, 0.15) is 0 Å². The van der Waals surface area contributed by atoms with E-state index in [4.69, 9.17) is 0 Å². The Bertz CT molecular complexity index is 490.